The van der Waals surface area contributed by atoms with Crippen LogP contribution >= 0.6 is 0 Å². The van der Waals surface area contributed by atoms with E-state index in [2.05, 4.69) is 13.8 Å². The summed E-state index contributed by atoms with van der Waals surface area (Å²) in [5.74, 6) is -0.632. The zero-order valence-corrected chi connectivity index (χ0v) is 22.2. The summed E-state index contributed by atoms with van der Waals surface area (Å²) in [6, 6.07) is 0. The Morgan fingerprint density at radius 1 is 1.06 bits per heavy atom. The Balaban J connectivity index is 1.66. The van der Waals surface area contributed by atoms with Crippen molar-refractivity contribution in [1.29, 1.82) is 0 Å². The number of hydrogen-bond donors (Lipinski definition) is 2. The third kappa shape index (κ3) is 4.59. The summed E-state index contributed by atoms with van der Waals surface area (Å²) < 4.78 is 11.6. The van der Waals surface area contributed by atoms with Crippen molar-refractivity contribution in [2.45, 2.75) is 97.7 Å². The van der Waals surface area contributed by atoms with E-state index in [-0.39, 0.29) is 77.3 Å². The lowest BCUT2D eigenvalue weighted by molar-refractivity contribution is -0.196. The Kier molecular flexibility index (Phi) is 7.58. The average Bonchev–Trinajstić information content (AvgIpc) is 3.13. The van der Waals surface area contributed by atoms with E-state index < -0.39 is 11.4 Å². The van der Waals surface area contributed by atoms with Gasteiger partial charge in [-0.25, -0.2) is 0 Å². The highest BCUT2D eigenvalue weighted by Crippen LogP contribution is 2.67. The van der Waals surface area contributed by atoms with Gasteiger partial charge >= 0.3 is 17.9 Å². The number of nitrogens with two attached hydrogens (primary N) is 1. The van der Waals surface area contributed by atoms with E-state index in [1.54, 1.807) is 0 Å². The van der Waals surface area contributed by atoms with E-state index >= 15 is 0 Å². The quantitative estimate of drug-likeness (QED) is 0.500. The highest BCUT2D eigenvalue weighted by Gasteiger charge is 2.67. The number of rotatable bonds is 7. The number of esters is 2. The summed E-state index contributed by atoms with van der Waals surface area (Å²) in [4.78, 5) is 49.1. The predicted molar refractivity (Wildman–Crippen MR) is 132 cm³/mol. The maximum atomic E-state index is 14.0. The Bertz CT molecular complexity index is 904. The standard InChI is InChI=1S/C28H43NO7/c1-15(30)35-19-9-10-27(3)18(11-19)12-23(36-16(2)31)26-21-7-6-20(17(14-29)5-8-25(33)34)28(21,4)24(32)13-22(26)27/h17-23,26H,5-14,29H2,1-4H3,(H,33,34)/t17-,18-,19+,20+,21-,22-,23+,26-,27-,28+/m0/s1. The number of carbonyl (C=O) groups is 4. The highest BCUT2D eigenvalue weighted by atomic mass is 16.5. The molecule has 0 unspecified atom stereocenters. The van der Waals surface area contributed by atoms with E-state index in [0.29, 0.717) is 19.4 Å². The van der Waals surface area contributed by atoms with Gasteiger partial charge in [-0.3, -0.25) is 19.2 Å². The Morgan fingerprint density at radius 3 is 2.36 bits per heavy atom. The second-order valence-corrected chi connectivity index (χ2v) is 12.4. The third-order valence-corrected chi connectivity index (χ3v) is 10.8. The van der Waals surface area contributed by atoms with Gasteiger partial charge in [0.25, 0.3) is 0 Å². The van der Waals surface area contributed by atoms with E-state index in [1.807, 2.05) is 0 Å². The monoisotopic (exact) mass is 505 g/mol. The molecular weight excluding hydrogens is 462 g/mol. The van der Waals surface area contributed by atoms with Crippen LogP contribution in [0.15, 0.2) is 0 Å². The summed E-state index contributed by atoms with van der Waals surface area (Å²) in [5, 5.41) is 9.24. The average molecular weight is 506 g/mol. The minimum Gasteiger partial charge on any atom is -0.481 e. The molecule has 4 rings (SSSR count). The number of hydrogen-bond acceptors (Lipinski definition) is 7. The molecule has 3 N–H and O–H groups in total. The molecule has 0 spiro atoms. The number of carbonyl (C=O) groups excluding carboxylic acids is 3. The van der Waals surface area contributed by atoms with Gasteiger partial charge in [-0.05, 0) is 86.5 Å². The number of carboxylic acid groups (broad SMARTS) is 1. The summed E-state index contributed by atoms with van der Waals surface area (Å²) in [6.07, 6.45) is 5.43. The number of ketones is 1. The highest BCUT2D eigenvalue weighted by molar-refractivity contribution is 5.87. The molecule has 0 bridgehead atoms. The van der Waals surface area contributed by atoms with Gasteiger partial charge in [0.2, 0.25) is 0 Å². The topological polar surface area (TPSA) is 133 Å². The molecule has 0 radical (unpaired) electrons. The molecule has 4 aliphatic rings. The second-order valence-electron chi connectivity index (χ2n) is 12.4. The van der Waals surface area contributed by atoms with Gasteiger partial charge in [-0.2, -0.15) is 0 Å². The zero-order chi connectivity index (χ0) is 26.4. The largest absolute Gasteiger partial charge is 0.481 e. The molecule has 0 aromatic heterocycles. The van der Waals surface area contributed by atoms with Gasteiger partial charge in [-0.1, -0.05) is 13.8 Å². The molecule has 8 heteroatoms. The van der Waals surface area contributed by atoms with Crippen molar-refractivity contribution in [1.82, 2.24) is 0 Å². The summed E-state index contributed by atoms with van der Waals surface area (Å²) >= 11 is 0. The number of carboxylic acids is 1. The molecule has 4 saturated carbocycles. The van der Waals surface area contributed by atoms with Crippen molar-refractivity contribution in [3.63, 3.8) is 0 Å². The van der Waals surface area contributed by atoms with Crippen LogP contribution < -0.4 is 5.73 Å². The van der Waals surface area contributed by atoms with Crippen LogP contribution in [-0.4, -0.2) is 47.6 Å². The maximum Gasteiger partial charge on any atom is 0.303 e. The fourth-order valence-electron chi connectivity index (χ4n) is 9.14. The van der Waals surface area contributed by atoms with Gasteiger partial charge in [0.1, 0.15) is 18.0 Å². The maximum absolute atomic E-state index is 14.0. The van der Waals surface area contributed by atoms with Gasteiger partial charge in [0, 0.05) is 38.0 Å². The van der Waals surface area contributed by atoms with Crippen LogP contribution in [0.5, 0.6) is 0 Å². The minimum absolute atomic E-state index is 0.0186. The second kappa shape index (κ2) is 10.1. The third-order valence-electron chi connectivity index (χ3n) is 10.8. The lowest BCUT2D eigenvalue weighted by atomic mass is 9.43. The van der Waals surface area contributed by atoms with Crippen LogP contribution in [0.2, 0.25) is 0 Å². The van der Waals surface area contributed by atoms with Crippen molar-refractivity contribution in [2.75, 3.05) is 6.54 Å². The predicted octanol–water partition coefficient (Wildman–Crippen LogP) is 3.74. The van der Waals surface area contributed by atoms with Crippen LogP contribution in [0.3, 0.4) is 0 Å². The molecule has 0 amide bonds. The molecule has 0 aliphatic heterocycles. The van der Waals surface area contributed by atoms with Gasteiger partial charge in [0.15, 0.2) is 0 Å². The first-order valence-electron chi connectivity index (χ1n) is 13.7. The van der Waals surface area contributed by atoms with Crippen molar-refractivity contribution in [3.8, 4) is 0 Å². The Hall–Kier alpha value is -1.96. The van der Waals surface area contributed by atoms with E-state index in [9.17, 15) is 24.3 Å². The number of Topliss-reactive ketones (excluding diaryl/α,β-unsaturated/α-hetero) is 1. The van der Waals surface area contributed by atoms with Crippen molar-refractivity contribution < 1.29 is 33.8 Å². The first-order chi connectivity index (χ1) is 16.9. The minimum atomic E-state index is -0.839. The number of ether oxygens (including phenoxy) is 2. The molecular formula is C28H43NO7. The lowest BCUT2D eigenvalue weighted by Gasteiger charge is -2.62. The number of fused-ring (bicyclic) bond motifs is 5. The smallest absolute Gasteiger partial charge is 0.303 e. The van der Waals surface area contributed by atoms with Gasteiger partial charge in [-0.15, -0.1) is 0 Å². The molecule has 10 atom stereocenters. The molecule has 0 saturated heterocycles. The van der Waals surface area contributed by atoms with E-state index in [1.165, 1.54) is 13.8 Å². The van der Waals surface area contributed by atoms with Gasteiger partial charge < -0.3 is 20.3 Å². The zero-order valence-electron chi connectivity index (χ0n) is 22.2. The molecule has 0 aromatic rings. The summed E-state index contributed by atoms with van der Waals surface area (Å²) in [6.45, 7) is 7.63. The fourth-order valence-corrected chi connectivity index (χ4v) is 9.14. The molecule has 4 fully saturated rings. The lowest BCUT2D eigenvalue weighted by Crippen LogP contribution is -2.62. The van der Waals surface area contributed by atoms with E-state index in [4.69, 9.17) is 15.2 Å². The summed E-state index contributed by atoms with van der Waals surface area (Å²) in [7, 11) is 0. The van der Waals surface area contributed by atoms with Gasteiger partial charge in [0.05, 0.1) is 0 Å². The molecule has 0 aromatic carbocycles. The van der Waals surface area contributed by atoms with Crippen LogP contribution in [0, 0.1) is 46.3 Å². The molecule has 0 heterocycles. The van der Waals surface area contributed by atoms with Crippen LogP contribution in [0.1, 0.15) is 85.5 Å². The fraction of sp³-hybridized carbons (Fsp3) is 0.857. The first-order valence-corrected chi connectivity index (χ1v) is 13.7. The molecule has 36 heavy (non-hydrogen) atoms. The van der Waals surface area contributed by atoms with E-state index in [0.717, 1.165) is 38.5 Å². The normalized spacial score (nSPS) is 42.5. The first kappa shape index (κ1) is 27.1. The SMILES string of the molecule is CC(=O)O[C@@H]1CC[C@@]2(C)[C@@H](C1)C[C@@H](OC(C)=O)[C@@H]1[C@@H]2CC(=O)[C@]2(C)[C@@H]([C@H](CN)CCC(=O)O)CC[C@@H]12. The Morgan fingerprint density at radius 2 is 1.75 bits per heavy atom. The number of aliphatic carboxylic acids is 1. The van der Waals surface area contributed by atoms with Crippen molar-refractivity contribution in [2.24, 2.45) is 52.1 Å². The van der Waals surface area contributed by atoms with Crippen LogP contribution in [0.25, 0.3) is 0 Å². The van der Waals surface area contributed by atoms with Crippen LogP contribution in [-0.2, 0) is 28.7 Å². The molecule has 8 nitrogen and oxygen atoms in total. The van der Waals surface area contributed by atoms with Crippen molar-refractivity contribution >= 4 is 23.7 Å². The molecule has 202 valence electrons. The molecule has 4 aliphatic carbocycles. The van der Waals surface area contributed by atoms with Crippen LogP contribution in [0.4, 0.5) is 0 Å². The Labute approximate surface area is 214 Å². The summed E-state index contributed by atoms with van der Waals surface area (Å²) in [5.41, 5.74) is 5.47. The van der Waals surface area contributed by atoms with Crippen molar-refractivity contribution in [3.05, 3.63) is 0 Å².